The van der Waals surface area contributed by atoms with Crippen molar-refractivity contribution in [2.24, 2.45) is 4.99 Å². The highest BCUT2D eigenvalue weighted by molar-refractivity contribution is 6.42. The molecule has 1 N–H and O–H groups in total. The van der Waals surface area contributed by atoms with Crippen LogP contribution in [0, 0.1) is 0 Å². The molecular weight excluding hydrogens is 394 g/mol. The summed E-state index contributed by atoms with van der Waals surface area (Å²) < 4.78 is 0. The fraction of sp³-hybridized carbons (Fsp3) is 0.143. The standard InChI is InChI=1S/C28H27N3O/c1-3-5-12-21(4-2)17-24-27(32)20-31-19-26(23-15-10-7-11-16-23)29-25(28(31)30-24)18-22-13-8-6-9-14-22/h3-16,19,29H,2,17-18,20H2,1H3/b5-3-,21-12+. The van der Waals surface area contributed by atoms with Crippen LogP contribution < -0.4 is 5.32 Å². The van der Waals surface area contributed by atoms with Gasteiger partial charge >= 0.3 is 0 Å². The average molecular weight is 422 g/mol. The number of nitrogens with one attached hydrogen (secondary N) is 1. The zero-order chi connectivity index (χ0) is 22.3. The summed E-state index contributed by atoms with van der Waals surface area (Å²) in [5, 5.41) is 3.59. The van der Waals surface area contributed by atoms with Crippen molar-refractivity contribution in [3.05, 3.63) is 126 Å². The fourth-order valence-electron chi connectivity index (χ4n) is 3.77. The number of Topliss-reactive ketones (excluding diaryl/α,β-unsaturated/α-hetero) is 1. The number of hydrogen-bond acceptors (Lipinski definition) is 4. The molecule has 0 saturated heterocycles. The number of rotatable bonds is 7. The van der Waals surface area contributed by atoms with Crippen LogP contribution in [-0.4, -0.2) is 22.9 Å². The highest BCUT2D eigenvalue weighted by Gasteiger charge is 2.29. The highest BCUT2D eigenvalue weighted by atomic mass is 16.1. The molecule has 0 amide bonds. The molecule has 2 aromatic rings. The van der Waals surface area contributed by atoms with Crippen molar-refractivity contribution in [2.45, 2.75) is 19.8 Å². The largest absolute Gasteiger partial charge is 0.354 e. The van der Waals surface area contributed by atoms with Gasteiger partial charge in [-0.05, 0) is 23.6 Å². The molecule has 0 fully saturated rings. The monoisotopic (exact) mass is 421 g/mol. The van der Waals surface area contributed by atoms with Gasteiger partial charge in [0.05, 0.1) is 23.7 Å². The smallest absolute Gasteiger partial charge is 0.197 e. The molecule has 2 heterocycles. The highest BCUT2D eigenvalue weighted by Crippen LogP contribution is 2.29. The van der Waals surface area contributed by atoms with Crippen LogP contribution in [-0.2, 0) is 11.2 Å². The molecule has 2 aromatic carbocycles. The van der Waals surface area contributed by atoms with Crippen LogP contribution in [0.5, 0.6) is 0 Å². The predicted octanol–water partition coefficient (Wildman–Crippen LogP) is 5.40. The van der Waals surface area contributed by atoms with Gasteiger partial charge in [0.15, 0.2) is 11.6 Å². The Morgan fingerprint density at radius 1 is 1.12 bits per heavy atom. The molecule has 0 radical (unpaired) electrons. The lowest BCUT2D eigenvalue weighted by Gasteiger charge is -2.33. The van der Waals surface area contributed by atoms with Crippen LogP contribution >= 0.6 is 0 Å². The first kappa shape index (κ1) is 21.3. The van der Waals surface area contributed by atoms with Crippen LogP contribution in [0.1, 0.15) is 24.5 Å². The molecule has 0 unspecified atom stereocenters. The molecule has 0 spiro atoms. The molecule has 0 atom stereocenters. The van der Waals surface area contributed by atoms with E-state index in [2.05, 4.69) is 36.2 Å². The van der Waals surface area contributed by atoms with Gasteiger partial charge in [0.1, 0.15) is 0 Å². The second-order valence-corrected chi connectivity index (χ2v) is 7.76. The summed E-state index contributed by atoms with van der Waals surface area (Å²) in [5.41, 5.74) is 5.74. The zero-order valence-electron chi connectivity index (χ0n) is 18.3. The Morgan fingerprint density at radius 3 is 2.53 bits per heavy atom. The van der Waals surface area contributed by atoms with Gasteiger partial charge in [0.2, 0.25) is 0 Å². The average Bonchev–Trinajstić information content (AvgIpc) is 2.83. The summed E-state index contributed by atoms with van der Waals surface area (Å²) in [6.07, 6.45) is 10.8. The van der Waals surface area contributed by atoms with E-state index < -0.39 is 0 Å². The third-order valence-corrected chi connectivity index (χ3v) is 5.43. The van der Waals surface area contributed by atoms with Gasteiger partial charge in [-0.3, -0.25) is 4.79 Å². The van der Waals surface area contributed by atoms with Crippen molar-refractivity contribution in [1.29, 1.82) is 0 Å². The van der Waals surface area contributed by atoms with E-state index in [0.717, 1.165) is 28.4 Å². The van der Waals surface area contributed by atoms with Crippen molar-refractivity contribution in [3.8, 4) is 0 Å². The summed E-state index contributed by atoms with van der Waals surface area (Å²) in [6.45, 7) is 6.13. The first-order valence-corrected chi connectivity index (χ1v) is 10.8. The third kappa shape index (κ3) is 4.86. The van der Waals surface area contributed by atoms with E-state index in [-0.39, 0.29) is 12.3 Å². The number of hydrogen-bond donors (Lipinski definition) is 1. The summed E-state index contributed by atoms with van der Waals surface area (Å²) in [7, 11) is 0. The zero-order valence-corrected chi connectivity index (χ0v) is 18.3. The van der Waals surface area contributed by atoms with Crippen molar-refractivity contribution >= 4 is 17.2 Å². The van der Waals surface area contributed by atoms with Gasteiger partial charge in [-0.25, -0.2) is 4.99 Å². The first-order valence-electron chi connectivity index (χ1n) is 10.8. The summed E-state index contributed by atoms with van der Waals surface area (Å²) in [5.74, 6) is 0.837. The Labute approximate surface area is 189 Å². The Bertz CT molecular complexity index is 1150. The quantitative estimate of drug-likeness (QED) is 0.609. The maximum Gasteiger partial charge on any atom is 0.197 e. The van der Waals surface area contributed by atoms with Crippen LogP contribution in [0.4, 0.5) is 0 Å². The van der Waals surface area contributed by atoms with Crippen LogP contribution in [0.3, 0.4) is 0 Å². The SMILES string of the molecule is C=C/C(=C\C=C/C)CC1=NC2=C(Cc3ccccc3)NC(c3ccccc3)=CN2CC1=O. The number of benzene rings is 2. The van der Waals surface area contributed by atoms with Crippen molar-refractivity contribution in [1.82, 2.24) is 10.2 Å². The molecule has 4 rings (SSSR count). The predicted molar refractivity (Wildman–Crippen MR) is 132 cm³/mol. The minimum atomic E-state index is 0.0339. The Balaban J connectivity index is 1.73. The van der Waals surface area contributed by atoms with Crippen molar-refractivity contribution < 1.29 is 4.79 Å². The molecule has 2 aliphatic heterocycles. The van der Waals surface area contributed by atoms with Crippen LogP contribution in [0.25, 0.3) is 5.70 Å². The number of nitrogens with zero attached hydrogens (tertiary/aromatic N) is 2. The van der Waals surface area contributed by atoms with E-state index in [1.165, 1.54) is 5.56 Å². The van der Waals surface area contributed by atoms with Gasteiger partial charge in [0, 0.05) is 19.0 Å². The topological polar surface area (TPSA) is 44.7 Å². The summed E-state index contributed by atoms with van der Waals surface area (Å²) >= 11 is 0. The van der Waals surface area contributed by atoms with Gasteiger partial charge in [0.25, 0.3) is 0 Å². The maximum atomic E-state index is 13.0. The minimum Gasteiger partial charge on any atom is -0.354 e. The van der Waals surface area contributed by atoms with Gasteiger partial charge in [-0.2, -0.15) is 0 Å². The summed E-state index contributed by atoms with van der Waals surface area (Å²) in [4.78, 5) is 19.8. The lowest BCUT2D eigenvalue weighted by atomic mass is 10.0. The number of carbonyl (C=O) groups is 1. The molecule has 0 aromatic heterocycles. The lowest BCUT2D eigenvalue weighted by molar-refractivity contribution is -0.113. The lowest BCUT2D eigenvalue weighted by Crippen LogP contribution is -2.39. The molecule has 0 aliphatic carbocycles. The maximum absolute atomic E-state index is 13.0. The molecule has 0 bridgehead atoms. The molecule has 0 saturated carbocycles. The van der Waals surface area contributed by atoms with E-state index in [1.807, 2.05) is 72.6 Å². The second-order valence-electron chi connectivity index (χ2n) is 7.76. The second kappa shape index (κ2) is 9.92. The molecular formula is C28H27N3O. The first-order chi connectivity index (χ1) is 15.7. The number of allylic oxidation sites excluding steroid dienone is 6. The Kier molecular flexibility index (Phi) is 6.61. The number of fused-ring (bicyclic) bond motifs is 1. The number of ketones is 1. The number of aliphatic imine (C=N–C) groups is 1. The van der Waals surface area contributed by atoms with E-state index in [0.29, 0.717) is 18.6 Å². The minimum absolute atomic E-state index is 0.0339. The molecule has 4 heteroatoms. The normalized spacial score (nSPS) is 16.5. The van der Waals surface area contributed by atoms with E-state index in [1.54, 1.807) is 6.08 Å². The van der Waals surface area contributed by atoms with Crippen LogP contribution in [0.15, 0.2) is 120 Å². The van der Waals surface area contributed by atoms with Crippen molar-refractivity contribution in [2.75, 3.05) is 6.54 Å². The molecule has 4 nitrogen and oxygen atoms in total. The fourth-order valence-corrected chi connectivity index (χ4v) is 3.77. The number of carbonyl (C=O) groups excluding carboxylic acids is 1. The Morgan fingerprint density at radius 2 is 1.84 bits per heavy atom. The van der Waals surface area contributed by atoms with Crippen LogP contribution in [0.2, 0.25) is 0 Å². The van der Waals surface area contributed by atoms with Gasteiger partial charge in [-0.15, -0.1) is 0 Å². The van der Waals surface area contributed by atoms with Gasteiger partial charge < -0.3 is 10.2 Å². The van der Waals surface area contributed by atoms with Gasteiger partial charge in [-0.1, -0.05) is 91.5 Å². The van der Waals surface area contributed by atoms with E-state index in [4.69, 9.17) is 4.99 Å². The van der Waals surface area contributed by atoms with E-state index in [9.17, 15) is 4.79 Å². The van der Waals surface area contributed by atoms with Crippen molar-refractivity contribution in [3.63, 3.8) is 0 Å². The molecule has 160 valence electrons. The molecule has 32 heavy (non-hydrogen) atoms. The van der Waals surface area contributed by atoms with E-state index >= 15 is 0 Å². The summed E-state index contributed by atoms with van der Waals surface area (Å²) in [6, 6.07) is 20.5. The third-order valence-electron chi connectivity index (χ3n) is 5.43. The Hall–Kier alpha value is -3.92. The molecule has 2 aliphatic rings.